The van der Waals surface area contributed by atoms with E-state index in [1.54, 1.807) is 7.11 Å². The van der Waals surface area contributed by atoms with E-state index in [1.165, 1.54) is 29.5 Å². The summed E-state index contributed by atoms with van der Waals surface area (Å²) in [5.41, 5.74) is 4.21. The number of hydrogen-bond acceptors (Lipinski definition) is 2. The molecule has 82 valence electrons. The Bertz CT molecular complexity index is 335. The smallest absolute Gasteiger partial charge is 0.0713 e. The van der Waals surface area contributed by atoms with Gasteiger partial charge in [0.1, 0.15) is 0 Å². The predicted octanol–water partition coefficient (Wildman–Crippen LogP) is 2.26. The third-order valence-electron chi connectivity index (χ3n) is 3.12. The van der Waals surface area contributed by atoms with Gasteiger partial charge in [-0.2, -0.15) is 0 Å². The zero-order chi connectivity index (χ0) is 10.7. The van der Waals surface area contributed by atoms with Crippen molar-refractivity contribution in [1.82, 2.24) is 5.32 Å². The van der Waals surface area contributed by atoms with Gasteiger partial charge in [-0.3, -0.25) is 0 Å². The van der Waals surface area contributed by atoms with Gasteiger partial charge in [0.05, 0.1) is 6.61 Å². The lowest BCUT2D eigenvalue weighted by atomic mass is 9.93. The van der Waals surface area contributed by atoms with Crippen LogP contribution >= 0.6 is 0 Å². The lowest BCUT2D eigenvalue weighted by Crippen LogP contribution is -2.34. The van der Waals surface area contributed by atoms with Gasteiger partial charge in [-0.05, 0) is 29.5 Å². The van der Waals surface area contributed by atoms with E-state index in [9.17, 15) is 0 Å². The molecule has 2 rings (SSSR count). The lowest BCUT2D eigenvalue weighted by molar-refractivity contribution is 0.185. The summed E-state index contributed by atoms with van der Waals surface area (Å²) in [6, 6.07) is 7.36. The summed E-state index contributed by atoms with van der Waals surface area (Å²) >= 11 is 0. The maximum absolute atomic E-state index is 5.14. The summed E-state index contributed by atoms with van der Waals surface area (Å²) in [4.78, 5) is 0. The van der Waals surface area contributed by atoms with Crippen LogP contribution in [-0.2, 0) is 24.3 Å². The summed E-state index contributed by atoms with van der Waals surface area (Å²) < 4.78 is 5.14. The van der Waals surface area contributed by atoms with Crippen LogP contribution in [-0.4, -0.2) is 13.2 Å². The molecule has 1 N–H and O–H groups in total. The standard InChI is InChI=1S/C13H19NO/c1-3-13-7-11-5-4-10(9-15-2)6-12(11)8-14-13/h4-6,13-14H,3,7-9H2,1-2H3. The lowest BCUT2D eigenvalue weighted by Gasteiger charge is -2.25. The predicted molar refractivity (Wildman–Crippen MR) is 61.8 cm³/mol. The van der Waals surface area contributed by atoms with Crippen LogP contribution in [0.5, 0.6) is 0 Å². The Morgan fingerprint density at radius 3 is 3.00 bits per heavy atom. The molecule has 0 radical (unpaired) electrons. The maximum atomic E-state index is 5.14. The SMILES string of the molecule is CCC1Cc2ccc(COC)cc2CN1. The number of benzene rings is 1. The van der Waals surface area contributed by atoms with E-state index in [2.05, 4.69) is 30.4 Å². The highest BCUT2D eigenvalue weighted by Gasteiger charge is 2.16. The van der Waals surface area contributed by atoms with Gasteiger partial charge in [0, 0.05) is 19.7 Å². The first-order chi connectivity index (χ1) is 7.33. The van der Waals surface area contributed by atoms with E-state index in [-0.39, 0.29) is 0 Å². The highest BCUT2D eigenvalue weighted by molar-refractivity contribution is 5.34. The normalized spacial score (nSPS) is 20.0. The summed E-state index contributed by atoms with van der Waals surface area (Å²) in [6.07, 6.45) is 2.37. The molecule has 0 saturated carbocycles. The van der Waals surface area contributed by atoms with Gasteiger partial charge >= 0.3 is 0 Å². The third-order valence-corrected chi connectivity index (χ3v) is 3.12. The number of nitrogens with one attached hydrogen (secondary N) is 1. The minimum atomic E-state index is 0.658. The number of fused-ring (bicyclic) bond motifs is 1. The van der Waals surface area contributed by atoms with Gasteiger partial charge < -0.3 is 10.1 Å². The highest BCUT2D eigenvalue weighted by Crippen LogP contribution is 2.19. The molecule has 1 aliphatic rings. The van der Waals surface area contributed by atoms with Crippen molar-refractivity contribution in [3.05, 3.63) is 34.9 Å². The average Bonchev–Trinajstić information content (AvgIpc) is 2.29. The van der Waals surface area contributed by atoms with E-state index >= 15 is 0 Å². The van der Waals surface area contributed by atoms with E-state index in [4.69, 9.17) is 4.74 Å². The van der Waals surface area contributed by atoms with Crippen LogP contribution in [0.2, 0.25) is 0 Å². The largest absolute Gasteiger partial charge is 0.380 e. The van der Waals surface area contributed by atoms with Crippen molar-refractivity contribution in [2.75, 3.05) is 7.11 Å². The van der Waals surface area contributed by atoms with Gasteiger partial charge in [-0.15, -0.1) is 0 Å². The topological polar surface area (TPSA) is 21.3 Å². The summed E-state index contributed by atoms with van der Waals surface area (Å²) in [5, 5.41) is 3.55. The van der Waals surface area contributed by atoms with E-state index in [0.29, 0.717) is 12.6 Å². The van der Waals surface area contributed by atoms with Crippen molar-refractivity contribution in [1.29, 1.82) is 0 Å². The Balaban J connectivity index is 2.17. The van der Waals surface area contributed by atoms with Crippen LogP contribution in [0, 0.1) is 0 Å². The fourth-order valence-corrected chi connectivity index (χ4v) is 2.18. The van der Waals surface area contributed by atoms with Crippen molar-refractivity contribution in [2.24, 2.45) is 0 Å². The molecule has 0 aromatic heterocycles. The van der Waals surface area contributed by atoms with Gasteiger partial charge in [0.25, 0.3) is 0 Å². The molecular formula is C13H19NO. The molecule has 0 fully saturated rings. The van der Waals surface area contributed by atoms with Gasteiger partial charge in [-0.25, -0.2) is 0 Å². The summed E-state index contributed by atoms with van der Waals surface area (Å²) in [7, 11) is 1.74. The van der Waals surface area contributed by atoms with E-state index in [1.807, 2.05) is 0 Å². The van der Waals surface area contributed by atoms with Crippen molar-refractivity contribution in [3.63, 3.8) is 0 Å². The van der Waals surface area contributed by atoms with Gasteiger partial charge in [-0.1, -0.05) is 25.1 Å². The fourth-order valence-electron chi connectivity index (χ4n) is 2.18. The molecule has 0 bridgehead atoms. The van der Waals surface area contributed by atoms with Crippen LogP contribution in [0.1, 0.15) is 30.0 Å². The molecule has 1 heterocycles. The Hall–Kier alpha value is -0.860. The number of hydrogen-bond donors (Lipinski definition) is 1. The fraction of sp³-hybridized carbons (Fsp3) is 0.538. The molecule has 1 unspecified atom stereocenters. The van der Waals surface area contributed by atoms with Crippen LogP contribution < -0.4 is 5.32 Å². The van der Waals surface area contributed by atoms with Gasteiger partial charge in [0.15, 0.2) is 0 Å². The Morgan fingerprint density at radius 1 is 1.40 bits per heavy atom. The van der Waals surface area contributed by atoms with E-state index < -0.39 is 0 Å². The maximum Gasteiger partial charge on any atom is 0.0713 e. The quantitative estimate of drug-likeness (QED) is 0.817. The van der Waals surface area contributed by atoms with Crippen LogP contribution in [0.15, 0.2) is 18.2 Å². The molecule has 1 atom stereocenters. The molecule has 1 aromatic carbocycles. The zero-order valence-electron chi connectivity index (χ0n) is 9.55. The second-order valence-corrected chi connectivity index (χ2v) is 4.23. The Labute approximate surface area is 91.6 Å². The minimum absolute atomic E-state index is 0.658. The molecule has 0 saturated heterocycles. The highest BCUT2D eigenvalue weighted by atomic mass is 16.5. The Kier molecular flexibility index (Phi) is 3.39. The zero-order valence-corrected chi connectivity index (χ0v) is 9.55. The molecule has 15 heavy (non-hydrogen) atoms. The summed E-state index contributed by atoms with van der Waals surface area (Å²) in [5.74, 6) is 0. The first kappa shape index (κ1) is 10.7. The molecule has 0 amide bonds. The molecule has 2 nitrogen and oxygen atoms in total. The Morgan fingerprint density at radius 2 is 2.27 bits per heavy atom. The molecule has 0 spiro atoms. The van der Waals surface area contributed by atoms with Gasteiger partial charge in [0.2, 0.25) is 0 Å². The number of rotatable bonds is 3. The monoisotopic (exact) mass is 205 g/mol. The van der Waals surface area contributed by atoms with E-state index in [0.717, 1.165) is 6.54 Å². The molecule has 0 aliphatic carbocycles. The van der Waals surface area contributed by atoms with Crippen molar-refractivity contribution in [2.45, 2.75) is 39.0 Å². The molecule has 1 aromatic rings. The van der Waals surface area contributed by atoms with Crippen LogP contribution in [0.4, 0.5) is 0 Å². The van der Waals surface area contributed by atoms with Crippen molar-refractivity contribution in [3.8, 4) is 0 Å². The summed E-state index contributed by atoms with van der Waals surface area (Å²) in [6.45, 7) is 3.96. The first-order valence-corrected chi connectivity index (χ1v) is 5.66. The molecule has 2 heteroatoms. The molecule has 1 aliphatic heterocycles. The van der Waals surface area contributed by atoms with Crippen molar-refractivity contribution >= 4 is 0 Å². The van der Waals surface area contributed by atoms with Crippen LogP contribution in [0.25, 0.3) is 0 Å². The first-order valence-electron chi connectivity index (χ1n) is 5.66. The number of ether oxygens (including phenoxy) is 1. The molecular weight excluding hydrogens is 186 g/mol. The minimum Gasteiger partial charge on any atom is -0.380 e. The van der Waals surface area contributed by atoms with Crippen LogP contribution in [0.3, 0.4) is 0 Å². The average molecular weight is 205 g/mol. The second-order valence-electron chi connectivity index (χ2n) is 4.23. The second kappa shape index (κ2) is 4.77. The van der Waals surface area contributed by atoms with Crippen molar-refractivity contribution < 1.29 is 4.74 Å². The third kappa shape index (κ3) is 2.39. The number of methoxy groups -OCH3 is 1.